The number of benzene rings is 4. The molecular formula is C34H34N3+. The van der Waals surface area contributed by atoms with Gasteiger partial charge in [-0.15, -0.1) is 10.2 Å². The molecule has 0 bridgehead atoms. The minimum absolute atomic E-state index is 0.191. The summed E-state index contributed by atoms with van der Waals surface area (Å²) in [6.07, 6.45) is 0. The molecule has 0 fully saturated rings. The third kappa shape index (κ3) is 6.02. The van der Waals surface area contributed by atoms with Crippen LogP contribution in [0.3, 0.4) is 0 Å². The van der Waals surface area contributed by atoms with Crippen molar-refractivity contribution in [2.45, 2.75) is 39.3 Å². The molecule has 3 nitrogen and oxygen atoms in total. The van der Waals surface area contributed by atoms with Gasteiger partial charge >= 0.3 is 0 Å². The van der Waals surface area contributed by atoms with Crippen molar-refractivity contribution in [3.05, 3.63) is 132 Å². The van der Waals surface area contributed by atoms with E-state index in [4.69, 9.17) is 0 Å². The smallest absolute Gasteiger partial charge is 0.101 e. The zero-order valence-electron chi connectivity index (χ0n) is 21.9. The molecule has 0 amide bonds. The van der Waals surface area contributed by atoms with Gasteiger partial charge in [0.15, 0.2) is 0 Å². The molecule has 1 aromatic heterocycles. The molecule has 37 heavy (non-hydrogen) atoms. The number of hydrogen-bond acceptors (Lipinski definition) is 2. The number of quaternary nitrogens is 1. The summed E-state index contributed by atoms with van der Waals surface area (Å²) in [7, 11) is 0. The molecule has 0 radical (unpaired) electrons. The second-order valence-electron chi connectivity index (χ2n) is 10.6. The van der Waals surface area contributed by atoms with Crippen LogP contribution >= 0.6 is 0 Å². The number of rotatable bonds is 7. The fourth-order valence-electron chi connectivity index (χ4n) is 4.54. The number of hydrogen-bond donors (Lipinski definition) is 1. The van der Waals surface area contributed by atoms with E-state index >= 15 is 0 Å². The molecule has 4 aromatic carbocycles. The monoisotopic (exact) mass is 484 g/mol. The van der Waals surface area contributed by atoms with E-state index in [0.29, 0.717) is 0 Å². The van der Waals surface area contributed by atoms with Crippen LogP contribution in [0.15, 0.2) is 115 Å². The largest absolute Gasteiger partial charge is 0.339 e. The summed E-state index contributed by atoms with van der Waals surface area (Å²) in [6.45, 7) is 8.68. The van der Waals surface area contributed by atoms with Gasteiger partial charge in [0.25, 0.3) is 0 Å². The molecule has 0 spiro atoms. The third-order valence-corrected chi connectivity index (χ3v) is 6.76. The number of nitrogens with zero attached hydrogens (tertiary/aromatic N) is 2. The maximum Gasteiger partial charge on any atom is 0.101 e. The predicted molar refractivity (Wildman–Crippen MR) is 153 cm³/mol. The standard InChI is InChI=1S/C34H33N3/c1-34(2,3)30-20-16-26(17-21-30)24-35-23-25-14-18-27(19-15-25)31-22-32(28-10-6-4-7-11-28)36-37-33(31)29-12-8-5-9-13-29/h4-22,35H,23-24H2,1-3H3/p+1. The second-order valence-corrected chi connectivity index (χ2v) is 10.6. The Bertz CT molecular complexity index is 1430. The van der Waals surface area contributed by atoms with Crippen molar-refractivity contribution in [3.63, 3.8) is 0 Å². The third-order valence-electron chi connectivity index (χ3n) is 6.76. The molecule has 1 heterocycles. The van der Waals surface area contributed by atoms with Crippen LogP contribution in [0.4, 0.5) is 0 Å². The molecule has 5 aromatic rings. The van der Waals surface area contributed by atoms with Gasteiger partial charge in [-0.05, 0) is 22.6 Å². The Balaban J connectivity index is 1.34. The minimum atomic E-state index is 0.191. The van der Waals surface area contributed by atoms with E-state index in [1.807, 2.05) is 36.4 Å². The van der Waals surface area contributed by atoms with Gasteiger partial charge in [0.05, 0.1) is 5.69 Å². The van der Waals surface area contributed by atoms with Crippen LogP contribution in [0.5, 0.6) is 0 Å². The van der Waals surface area contributed by atoms with Crippen molar-refractivity contribution >= 4 is 0 Å². The lowest BCUT2D eigenvalue weighted by atomic mass is 9.87. The number of nitrogens with two attached hydrogens (primary N) is 1. The van der Waals surface area contributed by atoms with Crippen LogP contribution in [0.25, 0.3) is 33.6 Å². The molecule has 3 heteroatoms. The van der Waals surface area contributed by atoms with Crippen molar-refractivity contribution < 1.29 is 5.32 Å². The maximum absolute atomic E-state index is 4.67. The molecule has 0 aliphatic heterocycles. The van der Waals surface area contributed by atoms with Gasteiger partial charge < -0.3 is 5.32 Å². The molecule has 184 valence electrons. The molecule has 0 saturated heterocycles. The first-order valence-corrected chi connectivity index (χ1v) is 13.0. The molecule has 0 atom stereocenters. The highest BCUT2D eigenvalue weighted by Crippen LogP contribution is 2.33. The highest BCUT2D eigenvalue weighted by Gasteiger charge is 2.14. The van der Waals surface area contributed by atoms with Crippen LogP contribution in [-0.2, 0) is 18.5 Å². The van der Waals surface area contributed by atoms with E-state index in [0.717, 1.165) is 46.7 Å². The van der Waals surface area contributed by atoms with E-state index in [-0.39, 0.29) is 5.41 Å². The van der Waals surface area contributed by atoms with E-state index in [2.05, 4.69) is 115 Å². The fraction of sp³-hybridized carbons (Fsp3) is 0.176. The van der Waals surface area contributed by atoms with Crippen molar-refractivity contribution in [3.8, 4) is 33.6 Å². The van der Waals surface area contributed by atoms with Gasteiger partial charge in [0, 0.05) is 27.8 Å². The Morgan fingerprint density at radius 2 is 1.11 bits per heavy atom. The SMILES string of the molecule is CC(C)(C)c1ccc(C[NH2+]Cc2ccc(-c3cc(-c4ccccc4)nnc3-c3ccccc3)cc2)cc1. The van der Waals surface area contributed by atoms with Gasteiger partial charge in [-0.3, -0.25) is 0 Å². The minimum Gasteiger partial charge on any atom is -0.339 e. The van der Waals surface area contributed by atoms with Crippen molar-refractivity contribution in [2.24, 2.45) is 0 Å². The molecule has 5 rings (SSSR count). The van der Waals surface area contributed by atoms with Crippen LogP contribution in [0.2, 0.25) is 0 Å². The first-order valence-electron chi connectivity index (χ1n) is 13.0. The van der Waals surface area contributed by atoms with Crippen LogP contribution in [0.1, 0.15) is 37.5 Å². The van der Waals surface area contributed by atoms with E-state index in [1.165, 1.54) is 16.7 Å². The van der Waals surface area contributed by atoms with Crippen molar-refractivity contribution in [1.29, 1.82) is 0 Å². The predicted octanol–water partition coefficient (Wildman–Crippen LogP) is 7.04. The molecule has 0 unspecified atom stereocenters. The summed E-state index contributed by atoms with van der Waals surface area (Å²) in [5.41, 5.74) is 10.4. The zero-order valence-corrected chi connectivity index (χ0v) is 21.9. The van der Waals surface area contributed by atoms with Gasteiger partial charge in [-0.1, -0.05) is 130 Å². The van der Waals surface area contributed by atoms with Crippen molar-refractivity contribution in [1.82, 2.24) is 10.2 Å². The molecule has 0 aliphatic carbocycles. The fourth-order valence-corrected chi connectivity index (χ4v) is 4.54. The van der Waals surface area contributed by atoms with Crippen LogP contribution < -0.4 is 5.32 Å². The molecular weight excluding hydrogens is 450 g/mol. The Labute approximate surface area is 220 Å². The summed E-state index contributed by atoms with van der Waals surface area (Å²) < 4.78 is 0. The summed E-state index contributed by atoms with van der Waals surface area (Å²) in [6, 6.07) is 40.6. The molecule has 0 aliphatic rings. The normalized spacial score (nSPS) is 11.4. The topological polar surface area (TPSA) is 42.4 Å². The Kier molecular flexibility index (Phi) is 7.25. The highest BCUT2D eigenvalue weighted by molar-refractivity contribution is 5.83. The molecule has 0 saturated carbocycles. The highest BCUT2D eigenvalue weighted by atomic mass is 15.1. The van der Waals surface area contributed by atoms with Crippen molar-refractivity contribution in [2.75, 3.05) is 0 Å². The maximum atomic E-state index is 4.67. The Morgan fingerprint density at radius 1 is 0.568 bits per heavy atom. The Hall–Kier alpha value is -4.08. The van der Waals surface area contributed by atoms with Gasteiger partial charge in [-0.2, -0.15) is 0 Å². The first-order chi connectivity index (χ1) is 18.0. The lowest BCUT2D eigenvalue weighted by Crippen LogP contribution is -2.80. The summed E-state index contributed by atoms with van der Waals surface area (Å²) >= 11 is 0. The number of aromatic nitrogens is 2. The summed E-state index contributed by atoms with van der Waals surface area (Å²) in [5, 5.41) is 11.6. The van der Waals surface area contributed by atoms with E-state index in [1.54, 1.807) is 0 Å². The lowest BCUT2D eigenvalue weighted by Gasteiger charge is -2.18. The summed E-state index contributed by atoms with van der Waals surface area (Å²) in [4.78, 5) is 0. The van der Waals surface area contributed by atoms with Crippen LogP contribution in [-0.4, -0.2) is 10.2 Å². The van der Waals surface area contributed by atoms with Crippen LogP contribution in [0, 0.1) is 0 Å². The average Bonchev–Trinajstić information content (AvgIpc) is 2.94. The lowest BCUT2D eigenvalue weighted by molar-refractivity contribution is -0.686. The summed E-state index contributed by atoms with van der Waals surface area (Å²) in [5.74, 6) is 0. The molecule has 2 N–H and O–H groups in total. The first kappa shape index (κ1) is 24.6. The van der Waals surface area contributed by atoms with Gasteiger partial charge in [-0.25, -0.2) is 0 Å². The van der Waals surface area contributed by atoms with E-state index < -0.39 is 0 Å². The van der Waals surface area contributed by atoms with Gasteiger partial charge in [0.2, 0.25) is 0 Å². The van der Waals surface area contributed by atoms with Gasteiger partial charge in [0.1, 0.15) is 18.8 Å². The quantitative estimate of drug-likeness (QED) is 0.269. The second kappa shape index (κ2) is 10.9. The van der Waals surface area contributed by atoms with E-state index in [9.17, 15) is 0 Å². The Morgan fingerprint density at radius 3 is 1.68 bits per heavy atom. The average molecular weight is 485 g/mol. The zero-order chi connectivity index (χ0) is 25.7.